The number of benzene rings is 1. The van der Waals surface area contributed by atoms with Crippen LogP contribution in [0.15, 0.2) is 23.1 Å². The lowest BCUT2D eigenvalue weighted by atomic mass is 10.0. The van der Waals surface area contributed by atoms with Crippen LogP contribution in [-0.2, 0) is 20.6 Å². The number of hydrogen-bond donors (Lipinski definition) is 0. The molecule has 0 aliphatic heterocycles. The van der Waals surface area contributed by atoms with Crippen molar-refractivity contribution in [3.05, 3.63) is 34.6 Å². The lowest BCUT2D eigenvalue weighted by Gasteiger charge is -2.19. The molecule has 8 nitrogen and oxygen atoms in total. The fraction of sp³-hybridized carbons (Fsp3) is 0.316. The molecule has 1 heterocycles. The van der Waals surface area contributed by atoms with E-state index in [0.29, 0.717) is 26.9 Å². The van der Waals surface area contributed by atoms with Gasteiger partial charge in [0, 0.05) is 10.6 Å². The van der Waals surface area contributed by atoms with Gasteiger partial charge in [0.15, 0.2) is 16.4 Å². The molecule has 29 heavy (non-hydrogen) atoms. The molecule has 10 heteroatoms. The number of nitrogens with zero attached hydrogens (tertiary/aromatic N) is 1. The molecule has 1 aromatic carbocycles. The van der Waals surface area contributed by atoms with Gasteiger partial charge in [0.1, 0.15) is 6.26 Å². The summed E-state index contributed by atoms with van der Waals surface area (Å²) in [5.74, 6) is -0.0300. The predicted molar refractivity (Wildman–Crippen MR) is 107 cm³/mol. The number of aromatic nitrogens is 1. The summed E-state index contributed by atoms with van der Waals surface area (Å²) < 4.78 is 32.4. The van der Waals surface area contributed by atoms with Gasteiger partial charge in [0.2, 0.25) is 0 Å². The Bertz CT molecular complexity index is 933. The van der Waals surface area contributed by atoms with Gasteiger partial charge < -0.3 is 23.5 Å². The maximum Gasteiger partial charge on any atom is 0.513 e. The predicted octanol–water partition coefficient (Wildman–Crippen LogP) is 4.44. The third-order valence-electron chi connectivity index (χ3n) is 3.77. The largest absolute Gasteiger partial charge is 0.612 e. The van der Waals surface area contributed by atoms with Crippen LogP contribution in [0.25, 0.3) is 11.1 Å². The van der Waals surface area contributed by atoms with Gasteiger partial charge >= 0.3 is 12.3 Å². The van der Waals surface area contributed by atoms with Crippen LogP contribution in [0.3, 0.4) is 0 Å². The molecule has 0 saturated carbocycles. The molecule has 0 amide bonds. The SMILES string of the molecule is CCOC(=O)Oc1c(C)nc(C)c(OC(=O)OC)c1-c1cc(Cl)ccc1[S+](C)[O-]. The van der Waals surface area contributed by atoms with E-state index < -0.39 is 23.5 Å². The Morgan fingerprint density at radius 3 is 2.24 bits per heavy atom. The van der Waals surface area contributed by atoms with E-state index >= 15 is 0 Å². The summed E-state index contributed by atoms with van der Waals surface area (Å²) in [6, 6.07) is 4.69. The van der Waals surface area contributed by atoms with Crippen molar-refractivity contribution in [2.75, 3.05) is 20.0 Å². The first-order valence-corrected chi connectivity index (χ1v) is 10.4. The average molecular weight is 442 g/mol. The number of carbonyl (C=O) groups is 2. The zero-order valence-electron chi connectivity index (χ0n) is 16.5. The van der Waals surface area contributed by atoms with Crippen LogP contribution in [0.5, 0.6) is 11.5 Å². The normalized spacial score (nSPS) is 11.6. The smallest absolute Gasteiger partial charge is 0.513 e. The molecule has 0 aliphatic rings. The van der Waals surface area contributed by atoms with Crippen LogP contribution in [0.1, 0.15) is 18.3 Å². The lowest BCUT2D eigenvalue weighted by Crippen LogP contribution is -2.15. The highest BCUT2D eigenvalue weighted by Crippen LogP contribution is 2.45. The van der Waals surface area contributed by atoms with Crippen LogP contribution in [0.4, 0.5) is 9.59 Å². The number of rotatable bonds is 5. The Labute approximate surface area is 176 Å². The van der Waals surface area contributed by atoms with Crippen molar-refractivity contribution in [2.45, 2.75) is 25.7 Å². The molecule has 0 aliphatic carbocycles. The minimum atomic E-state index is -1.43. The monoisotopic (exact) mass is 441 g/mol. The summed E-state index contributed by atoms with van der Waals surface area (Å²) in [5.41, 5.74) is 1.19. The highest BCUT2D eigenvalue weighted by atomic mass is 35.5. The second-order valence-electron chi connectivity index (χ2n) is 5.75. The van der Waals surface area contributed by atoms with Crippen molar-refractivity contribution in [1.29, 1.82) is 0 Å². The summed E-state index contributed by atoms with van der Waals surface area (Å²) in [5, 5.41) is 0.340. The molecule has 1 aromatic heterocycles. The molecular weight excluding hydrogens is 422 g/mol. The van der Waals surface area contributed by atoms with Crippen LogP contribution in [-0.4, -0.2) is 41.8 Å². The molecule has 0 N–H and O–H groups in total. The first-order chi connectivity index (χ1) is 13.7. The molecule has 1 unspecified atom stereocenters. The molecule has 2 aromatic rings. The van der Waals surface area contributed by atoms with Crippen molar-refractivity contribution >= 4 is 35.1 Å². The molecule has 1 atom stereocenters. The quantitative estimate of drug-likeness (QED) is 0.495. The maximum absolute atomic E-state index is 12.3. The van der Waals surface area contributed by atoms with Crippen molar-refractivity contribution < 1.29 is 33.1 Å². The number of hydrogen-bond acceptors (Lipinski definition) is 8. The van der Waals surface area contributed by atoms with Crippen molar-refractivity contribution in [3.63, 3.8) is 0 Å². The number of ether oxygens (including phenoxy) is 4. The number of halogens is 1. The van der Waals surface area contributed by atoms with E-state index in [1.807, 2.05) is 0 Å². The average Bonchev–Trinajstić information content (AvgIpc) is 2.65. The number of carbonyl (C=O) groups excluding carboxylic acids is 2. The molecule has 0 spiro atoms. The molecular formula is C19H20ClNO7S. The first kappa shape index (κ1) is 22.8. The third kappa shape index (κ3) is 5.31. The Hall–Kier alpha value is -2.49. The molecule has 0 fully saturated rings. The highest BCUT2D eigenvalue weighted by molar-refractivity contribution is 7.90. The summed E-state index contributed by atoms with van der Waals surface area (Å²) in [4.78, 5) is 28.5. The number of aryl methyl sites for hydroxylation is 2. The van der Waals surface area contributed by atoms with Crippen molar-refractivity contribution in [3.8, 4) is 22.6 Å². The summed E-state index contributed by atoms with van der Waals surface area (Å²) >= 11 is 4.73. The third-order valence-corrected chi connectivity index (χ3v) is 4.98. The maximum atomic E-state index is 12.3. The lowest BCUT2D eigenvalue weighted by molar-refractivity contribution is 0.104. The second-order valence-corrected chi connectivity index (χ2v) is 7.54. The summed E-state index contributed by atoms with van der Waals surface area (Å²) in [7, 11) is 1.15. The van der Waals surface area contributed by atoms with Gasteiger partial charge in [-0.3, -0.25) is 4.98 Å². The van der Waals surface area contributed by atoms with E-state index in [1.165, 1.54) is 12.3 Å². The fourth-order valence-electron chi connectivity index (χ4n) is 2.62. The second kappa shape index (κ2) is 9.82. The van der Waals surface area contributed by atoms with Gasteiger partial charge in [-0.25, -0.2) is 9.59 Å². The van der Waals surface area contributed by atoms with Crippen LogP contribution < -0.4 is 9.47 Å². The molecule has 0 saturated heterocycles. The molecule has 2 rings (SSSR count). The zero-order valence-corrected chi connectivity index (χ0v) is 18.1. The van der Waals surface area contributed by atoms with Crippen molar-refractivity contribution in [2.24, 2.45) is 0 Å². The van der Waals surface area contributed by atoms with Gasteiger partial charge in [-0.05, 0) is 50.1 Å². The van der Waals surface area contributed by atoms with Gasteiger partial charge in [0.25, 0.3) is 0 Å². The Morgan fingerprint density at radius 1 is 1.14 bits per heavy atom. The highest BCUT2D eigenvalue weighted by Gasteiger charge is 2.28. The summed E-state index contributed by atoms with van der Waals surface area (Å²) in [6.07, 6.45) is -0.476. The summed E-state index contributed by atoms with van der Waals surface area (Å²) in [6.45, 7) is 4.94. The van der Waals surface area contributed by atoms with Gasteiger partial charge in [-0.1, -0.05) is 11.6 Å². The zero-order chi connectivity index (χ0) is 21.7. The topological polar surface area (TPSA) is 107 Å². The standard InChI is InChI=1S/C19H20ClNO7S/c1-6-26-19(23)28-17-11(3)21-10(2)16(27-18(22)25-4)15(17)13-9-12(20)7-8-14(13)29(5)24/h7-9H,6H2,1-5H3. The Kier molecular flexibility index (Phi) is 7.72. The van der Waals surface area contributed by atoms with Crippen LogP contribution in [0, 0.1) is 13.8 Å². The Balaban J connectivity index is 2.86. The molecule has 0 bridgehead atoms. The fourth-order valence-corrected chi connectivity index (χ4v) is 3.52. The Morgan fingerprint density at radius 2 is 1.72 bits per heavy atom. The first-order valence-electron chi connectivity index (χ1n) is 8.44. The van der Waals surface area contributed by atoms with Crippen molar-refractivity contribution in [1.82, 2.24) is 4.98 Å². The number of methoxy groups -OCH3 is 1. The minimum Gasteiger partial charge on any atom is -0.612 e. The molecule has 0 radical (unpaired) electrons. The van der Waals surface area contributed by atoms with E-state index in [1.54, 1.807) is 32.9 Å². The van der Waals surface area contributed by atoms with Gasteiger partial charge in [-0.2, -0.15) is 0 Å². The number of pyridine rings is 1. The van der Waals surface area contributed by atoms with Gasteiger partial charge in [0.05, 0.1) is 30.7 Å². The van der Waals surface area contributed by atoms with Gasteiger partial charge in [-0.15, -0.1) is 0 Å². The van der Waals surface area contributed by atoms with E-state index in [2.05, 4.69) is 9.72 Å². The van der Waals surface area contributed by atoms with Crippen LogP contribution >= 0.6 is 11.6 Å². The van der Waals surface area contributed by atoms with E-state index in [-0.39, 0.29) is 23.7 Å². The van der Waals surface area contributed by atoms with Crippen LogP contribution in [0.2, 0.25) is 5.02 Å². The van der Waals surface area contributed by atoms with E-state index in [9.17, 15) is 14.1 Å². The van der Waals surface area contributed by atoms with E-state index in [0.717, 1.165) is 7.11 Å². The minimum absolute atomic E-state index is 0.0121. The van der Waals surface area contributed by atoms with E-state index in [4.69, 9.17) is 25.8 Å². The molecule has 156 valence electrons.